The number of rotatable bonds is 1. The Labute approximate surface area is 135 Å². The number of nitrogens with zero attached hydrogens (tertiary/aromatic N) is 1. The molecule has 22 heavy (non-hydrogen) atoms. The predicted molar refractivity (Wildman–Crippen MR) is 97.0 cm³/mol. The lowest BCUT2D eigenvalue weighted by Crippen LogP contribution is -2.10. The van der Waals surface area contributed by atoms with Crippen LogP contribution in [0.3, 0.4) is 0 Å². The molecule has 0 aliphatic carbocycles. The monoisotopic (exact) mass is 300 g/mol. The number of benzene rings is 2. The van der Waals surface area contributed by atoms with E-state index in [0.29, 0.717) is 5.69 Å². The van der Waals surface area contributed by atoms with Crippen molar-refractivity contribution in [2.75, 3.05) is 7.05 Å². The standard InChI is InChI=1S/C11H16.C8H10NO.CH4/c1-9-5-7-10(8-6-9)11(2,3)4;1-7-3-5-8(6-4-7)9(2)10;/h5-8H,1-4H3;3-6H,1-2H3;1H4/q;+1;. The Balaban J connectivity index is 0.000000385. The molecule has 0 aromatic heterocycles. The quantitative estimate of drug-likeness (QED) is 0.595. The third-order valence-electron chi connectivity index (χ3n) is 3.32. The Kier molecular flexibility index (Phi) is 7.72. The molecular weight excluding hydrogens is 270 g/mol. The van der Waals surface area contributed by atoms with Gasteiger partial charge in [-0.15, -0.1) is 0 Å². The van der Waals surface area contributed by atoms with Crippen molar-refractivity contribution in [3.8, 4) is 0 Å². The second-order valence-electron chi connectivity index (χ2n) is 6.45. The summed E-state index contributed by atoms with van der Waals surface area (Å²) < 4.78 is 0.847. The van der Waals surface area contributed by atoms with Gasteiger partial charge in [0.1, 0.15) is 0 Å². The Hall–Kier alpha value is -1.96. The van der Waals surface area contributed by atoms with Crippen LogP contribution in [0.4, 0.5) is 5.69 Å². The average Bonchev–Trinajstić information content (AvgIpc) is 2.39. The molecule has 2 nitrogen and oxygen atoms in total. The molecule has 120 valence electrons. The zero-order valence-electron chi connectivity index (χ0n) is 14.0. The summed E-state index contributed by atoms with van der Waals surface area (Å²) in [5.41, 5.74) is 4.89. The van der Waals surface area contributed by atoms with Gasteiger partial charge < -0.3 is 0 Å². The summed E-state index contributed by atoms with van der Waals surface area (Å²) in [7, 11) is 1.49. The van der Waals surface area contributed by atoms with Crippen LogP contribution in [-0.2, 0) is 5.41 Å². The Bertz CT molecular complexity index is 575. The first-order valence-electron chi connectivity index (χ1n) is 7.25. The molecule has 0 bridgehead atoms. The summed E-state index contributed by atoms with van der Waals surface area (Å²) in [6, 6.07) is 16.2. The van der Waals surface area contributed by atoms with E-state index >= 15 is 0 Å². The molecule has 2 aromatic rings. The summed E-state index contributed by atoms with van der Waals surface area (Å²) in [5.74, 6) is 0. The van der Waals surface area contributed by atoms with E-state index in [2.05, 4.69) is 52.0 Å². The molecule has 0 aliphatic rings. The highest BCUT2D eigenvalue weighted by atomic mass is 16.3. The van der Waals surface area contributed by atoms with E-state index in [-0.39, 0.29) is 12.8 Å². The normalized spacial score (nSPS) is 10.1. The number of hydrogen-bond acceptors (Lipinski definition) is 1. The van der Waals surface area contributed by atoms with Gasteiger partial charge in [0.15, 0.2) is 7.05 Å². The number of aryl methyl sites for hydroxylation is 2. The first-order valence-corrected chi connectivity index (χ1v) is 7.25. The van der Waals surface area contributed by atoms with Gasteiger partial charge >= 0.3 is 0 Å². The van der Waals surface area contributed by atoms with E-state index in [4.69, 9.17) is 0 Å². The Morgan fingerprint density at radius 1 is 0.773 bits per heavy atom. The predicted octanol–water partition coefficient (Wildman–Crippen LogP) is 5.96. The summed E-state index contributed by atoms with van der Waals surface area (Å²) in [4.78, 5) is 10.7. The van der Waals surface area contributed by atoms with Gasteiger partial charge in [0, 0.05) is 21.8 Å². The molecular formula is C20H30NO+. The van der Waals surface area contributed by atoms with E-state index in [1.165, 1.54) is 23.7 Å². The summed E-state index contributed by atoms with van der Waals surface area (Å²) >= 11 is 0. The van der Waals surface area contributed by atoms with E-state index in [1.807, 2.05) is 31.2 Å². The second kappa shape index (κ2) is 8.47. The van der Waals surface area contributed by atoms with Crippen molar-refractivity contribution >= 4 is 5.69 Å². The van der Waals surface area contributed by atoms with Crippen LogP contribution in [0.1, 0.15) is 44.9 Å². The third-order valence-corrected chi connectivity index (χ3v) is 3.32. The van der Waals surface area contributed by atoms with Gasteiger partial charge in [0.2, 0.25) is 0 Å². The van der Waals surface area contributed by atoms with Gasteiger partial charge in [-0.05, 0) is 24.8 Å². The zero-order valence-corrected chi connectivity index (χ0v) is 14.0. The lowest BCUT2D eigenvalue weighted by Gasteiger charge is -2.18. The van der Waals surface area contributed by atoms with Crippen LogP contribution in [0.15, 0.2) is 48.5 Å². The molecule has 0 fully saturated rings. The summed E-state index contributed by atoms with van der Waals surface area (Å²) in [5, 5.41) is 0. The van der Waals surface area contributed by atoms with Gasteiger partial charge in [-0.2, -0.15) is 0 Å². The van der Waals surface area contributed by atoms with Crippen LogP contribution >= 0.6 is 0 Å². The second-order valence-corrected chi connectivity index (χ2v) is 6.45. The van der Waals surface area contributed by atoms with Crippen LogP contribution in [0.5, 0.6) is 0 Å². The van der Waals surface area contributed by atoms with Gasteiger partial charge in [0.05, 0.1) is 0 Å². The molecule has 0 aliphatic heterocycles. The van der Waals surface area contributed by atoms with Crippen molar-refractivity contribution < 1.29 is 4.76 Å². The van der Waals surface area contributed by atoms with Crippen molar-refractivity contribution in [3.63, 3.8) is 0 Å². The Morgan fingerprint density at radius 3 is 1.45 bits per heavy atom. The molecule has 0 N–H and O–H groups in total. The lowest BCUT2D eigenvalue weighted by atomic mass is 9.87. The first kappa shape index (κ1) is 20.0. The zero-order chi connectivity index (χ0) is 16.0. The molecule has 0 spiro atoms. The van der Waals surface area contributed by atoms with Crippen molar-refractivity contribution in [3.05, 3.63) is 70.1 Å². The molecule has 2 rings (SSSR count). The highest BCUT2D eigenvalue weighted by Crippen LogP contribution is 2.21. The minimum Gasteiger partial charge on any atom is -0.0776 e. The summed E-state index contributed by atoms with van der Waals surface area (Å²) in [6.45, 7) is 10.8. The number of nitroso groups, excluding NO2 is 1. The van der Waals surface area contributed by atoms with E-state index in [0.717, 1.165) is 4.76 Å². The van der Waals surface area contributed by atoms with Crippen LogP contribution in [0, 0.1) is 18.8 Å². The topological polar surface area (TPSA) is 20.1 Å². The highest BCUT2D eigenvalue weighted by molar-refractivity contribution is 5.31. The fourth-order valence-electron chi connectivity index (χ4n) is 1.81. The largest absolute Gasteiger partial charge is 0.255 e. The fraction of sp³-hybridized carbons (Fsp3) is 0.400. The van der Waals surface area contributed by atoms with E-state index < -0.39 is 0 Å². The SMILES string of the molecule is C.Cc1ccc(C(C)(C)C)cc1.Cc1ccc([N+](C)=O)cc1. The van der Waals surface area contributed by atoms with Gasteiger partial charge in [-0.3, -0.25) is 0 Å². The molecule has 0 atom stereocenters. The van der Waals surface area contributed by atoms with E-state index in [1.54, 1.807) is 0 Å². The van der Waals surface area contributed by atoms with Gasteiger partial charge in [0.25, 0.3) is 5.69 Å². The van der Waals surface area contributed by atoms with Crippen molar-refractivity contribution in [1.82, 2.24) is 0 Å². The Morgan fingerprint density at radius 2 is 1.14 bits per heavy atom. The smallest absolute Gasteiger partial charge is 0.0776 e. The molecule has 2 aromatic carbocycles. The van der Waals surface area contributed by atoms with Crippen LogP contribution in [-0.4, -0.2) is 11.8 Å². The number of hydrogen-bond donors (Lipinski definition) is 0. The maximum atomic E-state index is 10.7. The minimum absolute atomic E-state index is 0. The molecule has 0 unspecified atom stereocenters. The summed E-state index contributed by atoms with van der Waals surface area (Å²) in [6.07, 6.45) is 0. The minimum atomic E-state index is 0. The lowest BCUT2D eigenvalue weighted by molar-refractivity contribution is -0.428. The maximum absolute atomic E-state index is 10.7. The van der Waals surface area contributed by atoms with Crippen LogP contribution < -0.4 is 0 Å². The molecule has 2 heteroatoms. The van der Waals surface area contributed by atoms with Crippen LogP contribution in [0.2, 0.25) is 0 Å². The van der Waals surface area contributed by atoms with Gasteiger partial charge in [-0.25, -0.2) is 0 Å². The third kappa shape index (κ3) is 6.66. The van der Waals surface area contributed by atoms with Crippen LogP contribution in [0.25, 0.3) is 0 Å². The molecule has 0 saturated carbocycles. The van der Waals surface area contributed by atoms with Crippen molar-refractivity contribution in [2.24, 2.45) is 0 Å². The fourth-order valence-corrected chi connectivity index (χ4v) is 1.81. The highest BCUT2D eigenvalue weighted by Gasteiger charge is 2.11. The average molecular weight is 300 g/mol. The maximum Gasteiger partial charge on any atom is 0.255 e. The molecule has 0 amide bonds. The first-order chi connectivity index (χ1) is 9.70. The molecule has 0 heterocycles. The van der Waals surface area contributed by atoms with E-state index in [9.17, 15) is 4.91 Å². The van der Waals surface area contributed by atoms with Gasteiger partial charge in [-0.1, -0.05) is 75.7 Å². The molecule has 0 saturated heterocycles. The van der Waals surface area contributed by atoms with Crippen molar-refractivity contribution in [1.29, 1.82) is 0 Å². The van der Waals surface area contributed by atoms with Crippen molar-refractivity contribution in [2.45, 2.75) is 47.5 Å². The molecule has 0 radical (unpaired) electrons.